The first-order chi connectivity index (χ1) is 19.3. The SMILES string of the molecule is O=C1C2N=NN(CC(=O)N3N=C(c4ccccc4)CC3c3ccc([N+](=O)[O-])cc3)C2C(=O)N1c1ccc(Cl)cc1. The van der Waals surface area contributed by atoms with Crippen molar-refractivity contribution in [3.63, 3.8) is 0 Å². The number of nitrogens with zero attached hydrogens (tertiary/aromatic N) is 7. The zero-order valence-electron chi connectivity index (χ0n) is 20.7. The normalized spacial score (nSPS) is 21.7. The Balaban J connectivity index is 1.26. The number of non-ortho nitro benzene ring substituents is 1. The molecular weight excluding hydrogens is 538 g/mol. The number of anilines is 1. The fourth-order valence-electron chi connectivity index (χ4n) is 5.03. The molecule has 13 heteroatoms. The second-order valence-electron chi connectivity index (χ2n) is 9.40. The van der Waals surface area contributed by atoms with Crippen LogP contribution in [0.4, 0.5) is 11.4 Å². The van der Waals surface area contributed by atoms with Crippen LogP contribution in [0, 0.1) is 10.1 Å². The van der Waals surface area contributed by atoms with Crippen LogP contribution in [0.25, 0.3) is 0 Å². The number of carbonyl (C=O) groups is 3. The van der Waals surface area contributed by atoms with Crippen molar-refractivity contribution >= 4 is 46.4 Å². The lowest BCUT2D eigenvalue weighted by Gasteiger charge is -2.25. The summed E-state index contributed by atoms with van der Waals surface area (Å²) in [5, 5.41) is 26.7. The highest BCUT2D eigenvalue weighted by molar-refractivity contribution is 6.31. The minimum absolute atomic E-state index is 0.0676. The second-order valence-corrected chi connectivity index (χ2v) is 9.84. The highest BCUT2D eigenvalue weighted by Crippen LogP contribution is 2.36. The molecule has 0 radical (unpaired) electrons. The Morgan fingerprint density at radius 3 is 2.35 bits per heavy atom. The van der Waals surface area contributed by atoms with Crippen molar-refractivity contribution in [3.8, 4) is 0 Å². The number of nitro benzene ring substituents is 1. The lowest BCUT2D eigenvalue weighted by molar-refractivity contribution is -0.384. The summed E-state index contributed by atoms with van der Waals surface area (Å²) < 4.78 is 0. The van der Waals surface area contributed by atoms with Gasteiger partial charge in [-0.25, -0.2) is 9.91 Å². The molecule has 0 aliphatic carbocycles. The first-order valence-corrected chi connectivity index (χ1v) is 12.7. The molecule has 0 spiro atoms. The number of rotatable bonds is 6. The number of hydrogen-bond acceptors (Lipinski definition) is 9. The van der Waals surface area contributed by atoms with Crippen LogP contribution in [-0.4, -0.2) is 57.0 Å². The standard InChI is InChI=1S/C27H20ClN7O5/c28-18-8-12-19(13-9-18)33-26(37)24-25(27(33)38)32(31-29-24)15-23(36)34-22(17-6-10-20(11-7-17)35(39)40)14-21(30-34)16-4-2-1-3-5-16/h1-13,22,24-25H,14-15H2. The molecule has 3 atom stereocenters. The predicted octanol–water partition coefficient (Wildman–Crippen LogP) is 3.92. The van der Waals surface area contributed by atoms with Crippen molar-refractivity contribution in [1.29, 1.82) is 0 Å². The maximum atomic E-state index is 13.6. The molecule has 3 aromatic carbocycles. The first-order valence-electron chi connectivity index (χ1n) is 12.3. The van der Waals surface area contributed by atoms with Gasteiger partial charge in [0.1, 0.15) is 6.54 Å². The average molecular weight is 558 g/mol. The van der Waals surface area contributed by atoms with Gasteiger partial charge in [0, 0.05) is 23.6 Å². The Kier molecular flexibility index (Phi) is 6.31. The minimum Gasteiger partial charge on any atom is -0.271 e. The number of nitro groups is 1. The van der Waals surface area contributed by atoms with Gasteiger partial charge in [0.15, 0.2) is 12.1 Å². The molecular formula is C27H20ClN7O5. The molecule has 0 bridgehead atoms. The van der Waals surface area contributed by atoms with Gasteiger partial charge in [-0.1, -0.05) is 59.3 Å². The molecule has 3 unspecified atom stereocenters. The summed E-state index contributed by atoms with van der Waals surface area (Å²) in [6.07, 6.45) is 0.378. The van der Waals surface area contributed by atoms with E-state index in [-0.39, 0.29) is 12.2 Å². The zero-order chi connectivity index (χ0) is 28.0. The van der Waals surface area contributed by atoms with Gasteiger partial charge in [0.25, 0.3) is 23.4 Å². The molecule has 6 rings (SSSR count). The second kappa shape index (κ2) is 9.97. The lowest BCUT2D eigenvalue weighted by Crippen LogP contribution is -2.44. The summed E-state index contributed by atoms with van der Waals surface area (Å²) in [5.41, 5.74) is 2.45. The van der Waals surface area contributed by atoms with Gasteiger partial charge >= 0.3 is 0 Å². The Morgan fingerprint density at radius 2 is 1.68 bits per heavy atom. The van der Waals surface area contributed by atoms with Crippen molar-refractivity contribution in [2.24, 2.45) is 15.4 Å². The number of amides is 3. The van der Waals surface area contributed by atoms with Crippen LogP contribution in [0.3, 0.4) is 0 Å². The molecule has 12 nitrogen and oxygen atoms in total. The minimum atomic E-state index is -1.07. The molecule has 3 aliphatic rings. The van der Waals surface area contributed by atoms with Crippen molar-refractivity contribution in [2.75, 3.05) is 11.4 Å². The van der Waals surface area contributed by atoms with E-state index in [9.17, 15) is 24.5 Å². The molecule has 0 N–H and O–H groups in total. The fraction of sp³-hybridized carbons (Fsp3) is 0.185. The Hall–Kier alpha value is -4.97. The predicted molar refractivity (Wildman–Crippen MR) is 143 cm³/mol. The number of benzene rings is 3. The van der Waals surface area contributed by atoms with Crippen LogP contribution in [0.15, 0.2) is 94.3 Å². The van der Waals surface area contributed by atoms with Gasteiger partial charge in [-0.15, -0.1) is 0 Å². The van der Waals surface area contributed by atoms with E-state index in [2.05, 4.69) is 15.4 Å². The van der Waals surface area contributed by atoms with E-state index < -0.39 is 40.8 Å². The van der Waals surface area contributed by atoms with Crippen LogP contribution in [0.1, 0.15) is 23.6 Å². The van der Waals surface area contributed by atoms with Crippen LogP contribution in [0.2, 0.25) is 5.02 Å². The smallest absolute Gasteiger partial charge is 0.269 e. The van der Waals surface area contributed by atoms with Gasteiger partial charge in [-0.2, -0.15) is 10.2 Å². The monoisotopic (exact) mass is 557 g/mol. The van der Waals surface area contributed by atoms with E-state index in [1.807, 2.05) is 30.3 Å². The molecule has 3 aliphatic heterocycles. The molecule has 200 valence electrons. The van der Waals surface area contributed by atoms with Crippen LogP contribution >= 0.6 is 11.6 Å². The first kappa shape index (κ1) is 25.3. The van der Waals surface area contributed by atoms with Crippen molar-refractivity contribution < 1.29 is 19.3 Å². The van der Waals surface area contributed by atoms with Crippen LogP contribution in [-0.2, 0) is 14.4 Å². The molecule has 40 heavy (non-hydrogen) atoms. The molecule has 3 heterocycles. The van der Waals surface area contributed by atoms with E-state index in [0.29, 0.717) is 28.4 Å². The Labute approximate surface area is 232 Å². The largest absolute Gasteiger partial charge is 0.271 e. The third-order valence-electron chi connectivity index (χ3n) is 7.00. The van der Waals surface area contributed by atoms with Gasteiger partial charge in [-0.05, 0) is 35.4 Å². The van der Waals surface area contributed by atoms with Crippen LogP contribution in [0.5, 0.6) is 0 Å². The number of hydrazone groups is 1. The summed E-state index contributed by atoms with van der Waals surface area (Å²) in [4.78, 5) is 51.6. The van der Waals surface area contributed by atoms with Crippen molar-refractivity contribution in [2.45, 2.75) is 24.5 Å². The van der Waals surface area contributed by atoms with E-state index in [1.54, 1.807) is 36.4 Å². The summed E-state index contributed by atoms with van der Waals surface area (Å²) in [7, 11) is 0. The molecule has 3 amide bonds. The summed E-state index contributed by atoms with van der Waals surface area (Å²) in [6, 6.07) is 18.9. The van der Waals surface area contributed by atoms with Crippen molar-refractivity contribution in [1.82, 2.24) is 10.0 Å². The maximum absolute atomic E-state index is 13.6. The number of carbonyl (C=O) groups excluding carboxylic acids is 3. The van der Waals surface area contributed by atoms with E-state index in [0.717, 1.165) is 10.5 Å². The van der Waals surface area contributed by atoms with Gasteiger partial charge in [-0.3, -0.25) is 29.5 Å². The van der Waals surface area contributed by atoms with Crippen LogP contribution < -0.4 is 4.90 Å². The van der Waals surface area contributed by atoms with Gasteiger partial charge in [0.05, 0.1) is 22.4 Å². The molecule has 3 aromatic rings. The quantitative estimate of drug-likeness (QED) is 0.255. The third-order valence-corrected chi connectivity index (χ3v) is 7.25. The number of hydrogen-bond donors (Lipinski definition) is 0. The van der Waals surface area contributed by atoms with Crippen molar-refractivity contribution in [3.05, 3.63) is 105 Å². The highest BCUT2D eigenvalue weighted by atomic mass is 35.5. The van der Waals surface area contributed by atoms with E-state index in [4.69, 9.17) is 11.6 Å². The topological polar surface area (TPSA) is 141 Å². The summed E-state index contributed by atoms with van der Waals surface area (Å²) in [5.74, 6) is -1.55. The maximum Gasteiger partial charge on any atom is 0.269 e. The Bertz CT molecular complexity index is 1580. The van der Waals surface area contributed by atoms with Gasteiger partial charge < -0.3 is 0 Å². The summed E-state index contributed by atoms with van der Waals surface area (Å²) in [6.45, 7) is -0.354. The lowest BCUT2D eigenvalue weighted by atomic mass is 9.98. The highest BCUT2D eigenvalue weighted by Gasteiger charge is 2.55. The fourth-order valence-corrected chi connectivity index (χ4v) is 5.16. The van der Waals surface area contributed by atoms with E-state index >= 15 is 0 Å². The van der Waals surface area contributed by atoms with E-state index in [1.165, 1.54) is 22.2 Å². The van der Waals surface area contributed by atoms with Gasteiger partial charge in [0.2, 0.25) is 0 Å². The third kappa shape index (κ3) is 4.37. The molecule has 1 saturated heterocycles. The number of imide groups is 1. The summed E-state index contributed by atoms with van der Waals surface area (Å²) >= 11 is 5.94. The average Bonchev–Trinajstić information content (AvgIpc) is 3.65. The number of halogens is 1. The molecule has 0 saturated carbocycles. The Morgan fingerprint density at radius 1 is 0.975 bits per heavy atom. The molecule has 1 fully saturated rings. The number of fused-ring (bicyclic) bond motifs is 1. The zero-order valence-corrected chi connectivity index (χ0v) is 21.5. The molecule has 0 aromatic heterocycles.